The summed E-state index contributed by atoms with van der Waals surface area (Å²) in [5.41, 5.74) is 1.35. The van der Waals surface area contributed by atoms with Gasteiger partial charge in [0.05, 0.1) is 5.02 Å². The number of hydrogen-bond donors (Lipinski definition) is 0. The molecule has 2 aromatic rings. The molecular formula is C20H23Cl2NO. The van der Waals surface area contributed by atoms with E-state index in [2.05, 4.69) is 24.0 Å². The highest BCUT2D eigenvalue weighted by molar-refractivity contribution is 6.35. The van der Waals surface area contributed by atoms with E-state index in [4.69, 9.17) is 27.9 Å². The third kappa shape index (κ3) is 4.66. The van der Waals surface area contributed by atoms with E-state index in [9.17, 15) is 0 Å². The molecule has 0 aromatic heterocycles. The first-order valence-corrected chi connectivity index (χ1v) is 9.32. The van der Waals surface area contributed by atoms with Gasteiger partial charge >= 0.3 is 0 Å². The van der Waals surface area contributed by atoms with Gasteiger partial charge in [0.15, 0.2) is 0 Å². The van der Waals surface area contributed by atoms with Gasteiger partial charge in [-0.15, -0.1) is 0 Å². The average Bonchev–Trinajstić information content (AvgIpc) is 3.09. The Morgan fingerprint density at radius 2 is 1.75 bits per heavy atom. The van der Waals surface area contributed by atoms with E-state index >= 15 is 0 Å². The standard InChI is InChI=1S/C20H23Cl2NO/c1-15(10-13-23-11-2-3-12-23)16-4-7-18(8-5-16)24-20-9-6-17(21)14-19(20)22/h4-9,14-15H,2-3,10-13H2,1H3. The van der Waals surface area contributed by atoms with E-state index in [1.54, 1.807) is 18.2 Å². The van der Waals surface area contributed by atoms with E-state index in [1.807, 2.05) is 12.1 Å². The average molecular weight is 364 g/mol. The maximum absolute atomic E-state index is 6.15. The topological polar surface area (TPSA) is 12.5 Å². The zero-order valence-electron chi connectivity index (χ0n) is 14.0. The van der Waals surface area contributed by atoms with Crippen molar-refractivity contribution in [1.29, 1.82) is 0 Å². The number of nitrogens with zero attached hydrogens (tertiary/aromatic N) is 1. The van der Waals surface area contributed by atoms with Crippen molar-refractivity contribution in [2.45, 2.75) is 32.1 Å². The van der Waals surface area contributed by atoms with Gasteiger partial charge < -0.3 is 9.64 Å². The molecule has 0 bridgehead atoms. The summed E-state index contributed by atoms with van der Waals surface area (Å²) in [5.74, 6) is 1.96. The van der Waals surface area contributed by atoms with Gasteiger partial charge in [0.2, 0.25) is 0 Å². The molecule has 1 aliphatic rings. The molecule has 0 amide bonds. The molecule has 0 N–H and O–H groups in total. The van der Waals surface area contributed by atoms with Crippen LogP contribution in [0.3, 0.4) is 0 Å². The highest BCUT2D eigenvalue weighted by Crippen LogP contribution is 2.32. The first-order valence-electron chi connectivity index (χ1n) is 8.57. The Labute approximate surface area is 154 Å². The van der Waals surface area contributed by atoms with Crippen LogP contribution in [0.15, 0.2) is 42.5 Å². The van der Waals surface area contributed by atoms with Crippen molar-refractivity contribution in [2.75, 3.05) is 19.6 Å². The summed E-state index contributed by atoms with van der Waals surface area (Å²) in [6.07, 6.45) is 3.91. The highest BCUT2D eigenvalue weighted by Gasteiger charge is 2.13. The molecule has 128 valence electrons. The summed E-state index contributed by atoms with van der Waals surface area (Å²) in [4.78, 5) is 2.57. The molecular weight excluding hydrogens is 341 g/mol. The van der Waals surface area contributed by atoms with Crippen molar-refractivity contribution in [2.24, 2.45) is 0 Å². The van der Waals surface area contributed by atoms with Crippen LogP contribution < -0.4 is 4.74 Å². The minimum atomic E-state index is 0.519. The number of rotatable bonds is 6. The summed E-state index contributed by atoms with van der Waals surface area (Å²) < 4.78 is 5.84. The molecule has 0 radical (unpaired) electrons. The Hall–Kier alpha value is -1.22. The minimum absolute atomic E-state index is 0.519. The first kappa shape index (κ1) is 17.6. The Morgan fingerprint density at radius 1 is 1.04 bits per heavy atom. The van der Waals surface area contributed by atoms with Crippen LogP contribution in [0.4, 0.5) is 0 Å². The van der Waals surface area contributed by atoms with Crippen molar-refractivity contribution in [1.82, 2.24) is 4.90 Å². The van der Waals surface area contributed by atoms with E-state index in [-0.39, 0.29) is 0 Å². The monoisotopic (exact) mass is 363 g/mol. The first-order chi connectivity index (χ1) is 11.6. The maximum Gasteiger partial charge on any atom is 0.146 e. The predicted molar refractivity (Wildman–Crippen MR) is 102 cm³/mol. The fraction of sp³-hybridized carbons (Fsp3) is 0.400. The van der Waals surface area contributed by atoms with Crippen LogP contribution in [0.5, 0.6) is 11.5 Å². The van der Waals surface area contributed by atoms with Crippen molar-refractivity contribution in [3.63, 3.8) is 0 Å². The summed E-state index contributed by atoms with van der Waals surface area (Å²) in [5, 5.41) is 1.13. The summed E-state index contributed by atoms with van der Waals surface area (Å²) >= 11 is 12.1. The van der Waals surface area contributed by atoms with Crippen LogP contribution in [-0.4, -0.2) is 24.5 Å². The van der Waals surface area contributed by atoms with E-state index < -0.39 is 0 Å². The lowest BCUT2D eigenvalue weighted by Gasteiger charge is -2.18. The van der Waals surface area contributed by atoms with Crippen LogP contribution in [0.2, 0.25) is 10.0 Å². The van der Waals surface area contributed by atoms with Crippen LogP contribution in [-0.2, 0) is 0 Å². The van der Waals surface area contributed by atoms with Crippen molar-refractivity contribution in [3.8, 4) is 11.5 Å². The number of benzene rings is 2. The molecule has 0 saturated carbocycles. The lowest BCUT2D eigenvalue weighted by molar-refractivity contribution is 0.324. The number of likely N-dealkylation sites (tertiary alicyclic amines) is 1. The quantitative estimate of drug-likeness (QED) is 0.590. The van der Waals surface area contributed by atoms with Gasteiger partial charge in [0, 0.05) is 5.02 Å². The Kier molecular flexibility index (Phi) is 6.04. The molecule has 1 heterocycles. The molecule has 4 heteroatoms. The lowest BCUT2D eigenvalue weighted by atomic mass is 9.97. The van der Waals surface area contributed by atoms with E-state index in [0.717, 1.165) is 5.75 Å². The van der Waals surface area contributed by atoms with Gasteiger partial charge in [-0.05, 0) is 80.7 Å². The summed E-state index contributed by atoms with van der Waals surface area (Å²) in [6, 6.07) is 13.6. The van der Waals surface area contributed by atoms with Gasteiger partial charge in [-0.3, -0.25) is 0 Å². The minimum Gasteiger partial charge on any atom is -0.456 e. The smallest absolute Gasteiger partial charge is 0.146 e. The maximum atomic E-state index is 6.15. The molecule has 1 atom stereocenters. The highest BCUT2D eigenvalue weighted by atomic mass is 35.5. The fourth-order valence-corrected chi connectivity index (χ4v) is 3.55. The molecule has 2 aromatic carbocycles. The van der Waals surface area contributed by atoms with Crippen LogP contribution in [0.25, 0.3) is 0 Å². The lowest BCUT2D eigenvalue weighted by Crippen LogP contribution is -2.21. The van der Waals surface area contributed by atoms with Gasteiger partial charge in [-0.2, -0.15) is 0 Å². The SMILES string of the molecule is CC(CCN1CCCC1)c1ccc(Oc2ccc(Cl)cc2Cl)cc1. The molecule has 3 rings (SSSR count). The normalized spacial score (nSPS) is 16.3. The van der Waals surface area contributed by atoms with Crippen molar-refractivity contribution in [3.05, 3.63) is 58.1 Å². The third-order valence-electron chi connectivity index (χ3n) is 4.65. The largest absolute Gasteiger partial charge is 0.456 e. The third-order valence-corrected chi connectivity index (χ3v) is 5.18. The predicted octanol–water partition coefficient (Wildman–Crippen LogP) is 6.38. The summed E-state index contributed by atoms with van der Waals surface area (Å²) in [7, 11) is 0. The summed E-state index contributed by atoms with van der Waals surface area (Å²) in [6.45, 7) is 6.02. The van der Waals surface area contributed by atoms with Gasteiger partial charge in [0.1, 0.15) is 11.5 Å². The fourth-order valence-electron chi connectivity index (χ4n) is 3.10. The second kappa shape index (κ2) is 8.24. The Balaban J connectivity index is 1.57. The molecule has 1 aliphatic heterocycles. The van der Waals surface area contributed by atoms with Crippen LogP contribution >= 0.6 is 23.2 Å². The Morgan fingerprint density at radius 3 is 2.42 bits per heavy atom. The van der Waals surface area contributed by atoms with Crippen LogP contribution in [0.1, 0.15) is 37.7 Å². The number of hydrogen-bond acceptors (Lipinski definition) is 2. The Bertz CT molecular complexity index is 666. The van der Waals surface area contributed by atoms with Crippen molar-refractivity contribution >= 4 is 23.2 Å². The second-order valence-electron chi connectivity index (χ2n) is 6.48. The molecule has 0 spiro atoms. The van der Waals surface area contributed by atoms with Gasteiger partial charge in [-0.1, -0.05) is 42.3 Å². The van der Waals surface area contributed by atoms with Gasteiger partial charge in [-0.25, -0.2) is 0 Å². The molecule has 1 saturated heterocycles. The van der Waals surface area contributed by atoms with Gasteiger partial charge in [0.25, 0.3) is 0 Å². The molecule has 2 nitrogen and oxygen atoms in total. The molecule has 1 fully saturated rings. The van der Waals surface area contributed by atoms with Crippen LogP contribution in [0, 0.1) is 0 Å². The zero-order chi connectivity index (χ0) is 16.9. The number of ether oxygens (including phenoxy) is 1. The van der Waals surface area contributed by atoms with E-state index in [1.165, 1.54) is 44.5 Å². The molecule has 1 unspecified atom stereocenters. The second-order valence-corrected chi connectivity index (χ2v) is 7.33. The zero-order valence-corrected chi connectivity index (χ0v) is 15.5. The molecule has 0 aliphatic carbocycles. The molecule has 24 heavy (non-hydrogen) atoms. The number of halogens is 2. The van der Waals surface area contributed by atoms with E-state index in [0.29, 0.717) is 21.7 Å². The van der Waals surface area contributed by atoms with Crippen molar-refractivity contribution < 1.29 is 4.74 Å².